The summed E-state index contributed by atoms with van der Waals surface area (Å²) in [5.41, 5.74) is 0.659. The molecular weight excluding hydrogens is 315 g/mol. The highest BCUT2D eigenvalue weighted by Gasteiger charge is 2.15. The van der Waals surface area contributed by atoms with Gasteiger partial charge in [0.1, 0.15) is 0 Å². The van der Waals surface area contributed by atoms with Gasteiger partial charge in [-0.15, -0.1) is 11.3 Å². The van der Waals surface area contributed by atoms with Crippen molar-refractivity contribution >= 4 is 34.5 Å². The van der Waals surface area contributed by atoms with Crippen LogP contribution in [0.1, 0.15) is 21.6 Å². The van der Waals surface area contributed by atoms with Crippen molar-refractivity contribution in [2.24, 2.45) is 0 Å². The lowest BCUT2D eigenvalue weighted by atomic mass is 10.1. The number of aliphatic hydroxyl groups is 1. The van der Waals surface area contributed by atoms with E-state index >= 15 is 0 Å². The molecule has 0 amide bonds. The Morgan fingerprint density at radius 3 is 2.80 bits per heavy atom. The number of thiazole rings is 1. The van der Waals surface area contributed by atoms with Gasteiger partial charge in [0.25, 0.3) is 0 Å². The Kier molecular flexibility index (Phi) is 5.41. The van der Waals surface area contributed by atoms with E-state index in [4.69, 9.17) is 23.2 Å². The Balaban J connectivity index is 1.99. The van der Waals surface area contributed by atoms with Crippen molar-refractivity contribution in [3.05, 3.63) is 49.9 Å². The molecule has 0 aliphatic carbocycles. The third-order valence-corrected chi connectivity index (χ3v) is 4.37. The molecule has 1 aromatic carbocycles. The molecule has 1 N–H and O–H groups in total. The molecule has 0 radical (unpaired) electrons. The molecule has 6 heteroatoms. The first-order valence-corrected chi connectivity index (χ1v) is 7.76. The minimum atomic E-state index is -0.666. The molecule has 108 valence electrons. The molecule has 0 fully saturated rings. The van der Waals surface area contributed by atoms with Crippen molar-refractivity contribution in [2.45, 2.75) is 19.6 Å². The van der Waals surface area contributed by atoms with E-state index in [1.54, 1.807) is 29.5 Å². The first-order chi connectivity index (χ1) is 9.45. The number of nitrogens with zero attached hydrogens (tertiary/aromatic N) is 2. The van der Waals surface area contributed by atoms with E-state index < -0.39 is 6.10 Å². The molecule has 0 unspecified atom stereocenters. The van der Waals surface area contributed by atoms with Crippen LogP contribution in [0.4, 0.5) is 0 Å². The van der Waals surface area contributed by atoms with Gasteiger partial charge >= 0.3 is 0 Å². The van der Waals surface area contributed by atoms with Crippen molar-refractivity contribution in [3.8, 4) is 0 Å². The quantitative estimate of drug-likeness (QED) is 0.902. The van der Waals surface area contributed by atoms with Crippen LogP contribution in [0.5, 0.6) is 0 Å². The van der Waals surface area contributed by atoms with Gasteiger partial charge in [-0.25, -0.2) is 4.98 Å². The number of rotatable bonds is 5. The second-order valence-corrected chi connectivity index (χ2v) is 6.89. The molecule has 1 aromatic heterocycles. The fourth-order valence-electron chi connectivity index (χ4n) is 1.97. The lowest BCUT2D eigenvalue weighted by Gasteiger charge is -2.20. The summed E-state index contributed by atoms with van der Waals surface area (Å²) in [5.74, 6) is 0. The van der Waals surface area contributed by atoms with Crippen LogP contribution >= 0.6 is 34.5 Å². The molecule has 2 rings (SSSR count). The maximum Gasteiger partial charge on any atom is 0.0931 e. The number of halogens is 2. The van der Waals surface area contributed by atoms with Crippen molar-refractivity contribution in [2.75, 3.05) is 13.6 Å². The monoisotopic (exact) mass is 330 g/mol. The average molecular weight is 331 g/mol. The van der Waals surface area contributed by atoms with E-state index in [0.29, 0.717) is 22.2 Å². The van der Waals surface area contributed by atoms with Crippen LogP contribution in [0.3, 0.4) is 0 Å². The normalized spacial score (nSPS) is 12.9. The van der Waals surface area contributed by atoms with Crippen LogP contribution in [0, 0.1) is 6.92 Å². The number of aliphatic hydroxyl groups excluding tert-OH is 1. The number of benzene rings is 1. The van der Waals surface area contributed by atoms with Gasteiger partial charge < -0.3 is 5.11 Å². The first kappa shape index (κ1) is 15.7. The van der Waals surface area contributed by atoms with Crippen molar-refractivity contribution in [3.63, 3.8) is 0 Å². The van der Waals surface area contributed by atoms with Crippen LogP contribution in [-0.4, -0.2) is 28.6 Å². The Labute approximate surface area is 132 Å². The van der Waals surface area contributed by atoms with Gasteiger partial charge in [0.2, 0.25) is 0 Å². The Hall–Kier alpha value is -0.650. The van der Waals surface area contributed by atoms with Gasteiger partial charge in [-0.3, -0.25) is 4.90 Å². The lowest BCUT2D eigenvalue weighted by molar-refractivity contribution is 0.124. The molecule has 0 spiro atoms. The van der Waals surface area contributed by atoms with Crippen LogP contribution in [0.2, 0.25) is 10.0 Å². The van der Waals surface area contributed by atoms with E-state index in [1.807, 2.05) is 25.1 Å². The molecule has 0 bridgehead atoms. The zero-order chi connectivity index (χ0) is 14.7. The van der Waals surface area contributed by atoms with E-state index in [9.17, 15) is 5.11 Å². The topological polar surface area (TPSA) is 36.4 Å². The number of likely N-dealkylation sites (N-methyl/N-ethyl adjacent to an activating group) is 1. The number of aryl methyl sites for hydroxylation is 1. The summed E-state index contributed by atoms with van der Waals surface area (Å²) in [5, 5.41) is 12.4. The minimum absolute atomic E-state index is 0.483. The summed E-state index contributed by atoms with van der Waals surface area (Å²) in [7, 11) is 1.96. The maximum absolute atomic E-state index is 10.3. The molecule has 0 saturated heterocycles. The SMILES string of the molecule is Cc1ncc(CN(C)C[C@H](O)c2cc(Cl)ccc2Cl)s1. The van der Waals surface area contributed by atoms with Crippen molar-refractivity contribution < 1.29 is 5.11 Å². The highest BCUT2D eigenvalue weighted by Crippen LogP contribution is 2.27. The fourth-order valence-corrected chi connectivity index (χ4v) is 3.27. The minimum Gasteiger partial charge on any atom is -0.387 e. The van der Waals surface area contributed by atoms with Crippen LogP contribution < -0.4 is 0 Å². The van der Waals surface area contributed by atoms with E-state index in [1.165, 1.54) is 4.88 Å². The molecule has 3 nitrogen and oxygen atoms in total. The molecule has 20 heavy (non-hydrogen) atoms. The summed E-state index contributed by atoms with van der Waals surface area (Å²) in [4.78, 5) is 7.44. The Morgan fingerprint density at radius 1 is 1.40 bits per heavy atom. The van der Waals surface area contributed by atoms with Gasteiger partial charge in [0.05, 0.1) is 11.1 Å². The standard InChI is InChI=1S/C14H16Cl2N2OS/c1-9-17-6-11(20-9)7-18(2)8-14(19)12-5-10(15)3-4-13(12)16/h3-6,14,19H,7-8H2,1-2H3/t14-/m0/s1. The molecule has 0 aliphatic heterocycles. The fraction of sp³-hybridized carbons (Fsp3) is 0.357. The van der Waals surface area contributed by atoms with Gasteiger partial charge in [-0.05, 0) is 32.2 Å². The third kappa shape index (κ3) is 4.17. The molecular formula is C14H16Cl2N2OS. The van der Waals surface area contributed by atoms with Gasteiger partial charge in [-0.1, -0.05) is 23.2 Å². The van der Waals surface area contributed by atoms with E-state index in [2.05, 4.69) is 4.98 Å². The summed E-state index contributed by atoms with van der Waals surface area (Å²) in [6.07, 6.45) is 1.20. The maximum atomic E-state index is 10.3. The highest BCUT2D eigenvalue weighted by atomic mass is 35.5. The summed E-state index contributed by atoms with van der Waals surface area (Å²) in [6.45, 7) is 3.21. The zero-order valence-electron chi connectivity index (χ0n) is 11.3. The second kappa shape index (κ2) is 6.87. The summed E-state index contributed by atoms with van der Waals surface area (Å²) < 4.78 is 0. The van der Waals surface area contributed by atoms with Crippen LogP contribution in [0.25, 0.3) is 0 Å². The predicted octanol–water partition coefficient (Wildman–Crippen LogP) is 3.92. The lowest BCUT2D eigenvalue weighted by Crippen LogP contribution is -2.24. The Bertz CT molecular complexity index is 588. The molecule has 0 saturated carbocycles. The van der Waals surface area contributed by atoms with Crippen molar-refractivity contribution in [1.29, 1.82) is 0 Å². The zero-order valence-corrected chi connectivity index (χ0v) is 13.6. The molecule has 0 aliphatic rings. The number of hydrogen-bond acceptors (Lipinski definition) is 4. The summed E-state index contributed by atoms with van der Waals surface area (Å²) >= 11 is 13.7. The van der Waals surface area contributed by atoms with E-state index in [0.717, 1.165) is 11.6 Å². The van der Waals surface area contributed by atoms with Gasteiger partial charge in [0, 0.05) is 39.8 Å². The first-order valence-electron chi connectivity index (χ1n) is 6.18. The van der Waals surface area contributed by atoms with Crippen molar-refractivity contribution in [1.82, 2.24) is 9.88 Å². The third-order valence-electron chi connectivity index (χ3n) is 2.90. The molecule has 1 heterocycles. The largest absolute Gasteiger partial charge is 0.387 e. The van der Waals surface area contributed by atoms with Crippen LogP contribution in [-0.2, 0) is 6.54 Å². The predicted molar refractivity (Wildman–Crippen MR) is 84.6 cm³/mol. The van der Waals surface area contributed by atoms with Gasteiger partial charge in [0.15, 0.2) is 0 Å². The highest BCUT2D eigenvalue weighted by molar-refractivity contribution is 7.11. The molecule has 2 aromatic rings. The Morgan fingerprint density at radius 2 is 2.15 bits per heavy atom. The van der Waals surface area contributed by atoms with Gasteiger partial charge in [-0.2, -0.15) is 0 Å². The molecule has 1 atom stereocenters. The number of hydrogen-bond donors (Lipinski definition) is 1. The second-order valence-electron chi connectivity index (χ2n) is 4.72. The summed E-state index contributed by atoms with van der Waals surface area (Å²) in [6, 6.07) is 5.12. The average Bonchev–Trinajstić information content (AvgIpc) is 2.77. The van der Waals surface area contributed by atoms with E-state index in [-0.39, 0.29) is 0 Å². The van der Waals surface area contributed by atoms with Crippen LogP contribution in [0.15, 0.2) is 24.4 Å². The number of aromatic nitrogens is 1. The smallest absolute Gasteiger partial charge is 0.0931 e.